The molecule has 0 aliphatic heterocycles. The molecule has 0 radical (unpaired) electrons. The predicted molar refractivity (Wildman–Crippen MR) is 61.1 cm³/mol. The summed E-state index contributed by atoms with van der Waals surface area (Å²) in [6, 6.07) is 0. The van der Waals surface area contributed by atoms with Gasteiger partial charge in [0.05, 0.1) is 0 Å². The van der Waals surface area contributed by atoms with E-state index in [0.29, 0.717) is 0 Å². The highest BCUT2D eigenvalue weighted by Gasteiger charge is 2.31. The second-order valence-electron chi connectivity index (χ2n) is 4.20. The summed E-state index contributed by atoms with van der Waals surface area (Å²) in [5.41, 5.74) is 1.98. The van der Waals surface area contributed by atoms with Gasteiger partial charge in [0.2, 0.25) is 8.32 Å². The zero-order valence-electron chi connectivity index (χ0n) is 8.90. The molecule has 0 fully saturated rings. The first kappa shape index (κ1) is 11.9. The van der Waals surface area contributed by atoms with Crippen molar-refractivity contribution in [2.45, 2.75) is 33.1 Å². The molecule has 0 amide bonds. The summed E-state index contributed by atoms with van der Waals surface area (Å²) in [5, 5.41) is 1.20. The van der Waals surface area contributed by atoms with Crippen molar-refractivity contribution >= 4 is 16.6 Å². The summed E-state index contributed by atoms with van der Waals surface area (Å²) in [6.07, 6.45) is 0. The van der Waals surface area contributed by atoms with Crippen LogP contribution in [0.5, 0.6) is 0 Å². The van der Waals surface area contributed by atoms with E-state index in [-0.39, 0.29) is 0 Å². The van der Waals surface area contributed by atoms with Crippen LogP contribution in [0.4, 0.5) is 0 Å². The van der Waals surface area contributed by atoms with Gasteiger partial charge in [-0.1, -0.05) is 10.9 Å². The van der Waals surface area contributed by atoms with Crippen molar-refractivity contribution in [3.8, 4) is 0 Å². The Morgan fingerprint density at radius 1 is 1.25 bits per heavy atom. The maximum absolute atomic E-state index is 6.10. The number of hydrogen-bond acceptors (Lipinski definition) is 1. The van der Waals surface area contributed by atoms with Gasteiger partial charge in [0.15, 0.2) is 8.32 Å². The third-order valence-corrected chi connectivity index (χ3v) is 9.22. The van der Waals surface area contributed by atoms with E-state index in [0.717, 1.165) is 0 Å². The van der Waals surface area contributed by atoms with Crippen LogP contribution in [0.2, 0.25) is 26.2 Å². The molecule has 0 aliphatic carbocycles. The van der Waals surface area contributed by atoms with Gasteiger partial charge in [-0.15, -0.1) is 13.2 Å². The second kappa shape index (κ2) is 3.72. The molecular weight excluding hydrogens is 180 g/mol. The van der Waals surface area contributed by atoms with E-state index < -0.39 is 16.6 Å². The Labute approximate surface area is 78.4 Å². The second-order valence-corrected chi connectivity index (χ2v) is 12.5. The van der Waals surface area contributed by atoms with Gasteiger partial charge in [-0.05, 0) is 33.1 Å². The lowest BCUT2D eigenvalue weighted by molar-refractivity contribution is 0.566. The van der Waals surface area contributed by atoms with Crippen molar-refractivity contribution in [3.05, 3.63) is 24.1 Å². The molecule has 0 saturated heterocycles. The standard InChI is InChI=1S/C9H20OSi2/c1-8-11(4,5)10-12(6,7)9(2)3/h8H,1-2H2,3-7H3. The van der Waals surface area contributed by atoms with Crippen molar-refractivity contribution in [1.82, 2.24) is 0 Å². The Bertz CT molecular complexity index is 195. The first-order valence-electron chi connectivity index (χ1n) is 4.21. The summed E-state index contributed by atoms with van der Waals surface area (Å²) in [5.74, 6) is 0. The quantitative estimate of drug-likeness (QED) is 0.633. The van der Waals surface area contributed by atoms with Gasteiger partial charge in [0, 0.05) is 0 Å². The Hall–Kier alpha value is -0.126. The van der Waals surface area contributed by atoms with Crippen molar-refractivity contribution in [1.29, 1.82) is 0 Å². The predicted octanol–water partition coefficient (Wildman–Crippen LogP) is 3.25. The molecule has 0 aromatic rings. The molecule has 0 unspecified atom stereocenters. The van der Waals surface area contributed by atoms with Crippen LogP contribution in [0, 0.1) is 0 Å². The molecule has 0 N–H and O–H groups in total. The minimum Gasteiger partial charge on any atom is -0.449 e. The molecule has 1 nitrogen and oxygen atoms in total. The van der Waals surface area contributed by atoms with Gasteiger partial charge >= 0.3 is 0 Å². The van der Waals surface area contributed by atoms with Crippen LogP contribution in [0.15, 0.2) is 24.1 Å². The molecule has 0 heterocycles. The van der Waals surface area contributed by atoms with E-state index >= 15 is 0 Å². The average Bonchev–Trinajstić information content (AvgIpc) is 1.85. The minimum atomic E-state index is -1.64. The summed E-state index contributed by atoms with van der Waals surface area (Å²) in [4.78, 5) is 0. The van der Waals surface area contributed by atoms with E-state index in [1.165, 1.54) is 5.20 Å². The molecule has 0 atom stereocenters. The van der Waals surface area contributed by atoms with Gasteiger partial charge in [-0.3, -0.25) is 0 Å². The summed E-state index contributed by atoms with van der Waals surface area (Å²) >= 11 is 0. The molecule has 0 rings (SSSR count). The van der Waals surface area contributed by atoms with Gasteiger partial charge in [-0.25, -0.2) is 0 Å². The zero-order valence-corrected chi connectivity index (χ0v) is 10.9. The SMILES string of the molecule is C=C[Si](C)(C)O[Si](C)(C)C(=C)C. The van der Waals surface area contributed by atoms with E-state index in [9.17, 15) is 0 Å². The fourth-order valence-corrected chi connectivity index (χ4v) is 7.08. The van der Waals surface area contributed by atoms with Gasteiger partial charge in [0.25, 0.3) is 0 Å². The van der Waals surface area contributed by atoms with E-state index in [1.807, 2.05) is 5.70 Å². The van der Waals surface area contributed by atoms with Crippen LogP contribution in [0.3, 0.4) is 0 Å². The fourth-order valence-electron chi connectivity index (χ4n) is 0.786. The third-order valence-electron chi connectivity index (χ3n) is 2.04. The monoisotopic (exact) mass is 200 g/mol. The summed E-state index contributed by atoms with van der Waals surface area (Å²) in [7, 11) is -3.25. The van der Waals surface area contributed by atoms with E-state index in [2.05, 4.69) is 46.3 Å². The lowest BCUT2D eigenvalue weighted by atomic mass is 10.8. The highest BCUT2D eigenvalue weighted by Crippen LogP contribution is 2.20. The highest BCUT2D eigenvalue weighted by molar-refractivity contribution is 6.90. The minimum absolute atomic E-state index is 1.20. The lowest BCUT2D eigenvalue weighted by Crippen LogP contribution is -2.44. The normalized spacial score (nSPS) is 12.8. The molecule has 0 aromatic heterocycles. The van der Waals surface area contributed by atoms with Crippen LogP contribution < -0.4 is 0 Å². The average molecular weight is 200 g/mol. The topological polar surface area (TPSA) is 9.23 Å². The van der Waals surface area contributed by atoms with Crippen LogP contribution in [0.1, 0.15) is 6.92 Å². The Balaban J connectivity index is 4.44. The van der Waals surface area contributed by atoms with E-state index in [1.54, 1.807) is 0 Å². The molecule has 12 heavy (non-hydrogen) atoms. The van der Waals surface area contributed by atoms with Crippen LogP contribution in [-0.2, 0) is 4.12 Å². The lowest BCUT2D eigenvalue weighted by Gasteiger charge is -2.32. The molecule has 0 aromatic carbocycles. The van der Waals surface area contributed by atoms with Crippen molar-refractivity contribution in [2.24, 2.45) is 0 Å². The van der Waals surface area contributed by atoms with Gasteiger partial charge in [-0.2, -0.15) is 0 Å². The molecular formula is C9H20OSi2. The van der Waals surface area contributed by atoms with E-state index in [4.69, 9.17) is 4.12 Å². The first-order valence-corrected chi connectivity index (χ1v) is 10.1. The Morgan fingerprint density at radius 2 is 1.67 bits per heavy atom. The highest BCUT2D eigenvalue weighted by atomic mass is 28.4. The largest absolute Gasteiger partial charge is 0.449 e. The Kier molecular flexibility index (Phi) is 3.68. The molecule has 0 saturated carbocycles. The summed E-state index contributed by atoms with van der Waals surface area (Å²) < 4.78 is 6.10. The number of allylic oxidation sites excluding steroid dienone is 1. The fraction of sp³-hybridized carbons (Fsp3) is 0.556. The van der Waals surface area contributed by atoms with Gasteiger partial charge < -0.3 is 4.12 Å². The zero-order chi connectivity index (χ0) is 9.99. The smallest absolute Gasteiger partial charge is 0.201 e. The molecule has 0 spiro atoms. The third kappa shape index (κ3) is 3.51. The Morgan fingerprint density at radius 3 is 1.92 bits per heavy atom. The van der Waals surface area contributed by atoms with Crippen molar-refractivity contribution < 1.29 is 4.12 Å². The van der Waals surface area contributed by atoms with Crippen LogP contribution in [-0.4, -0.2) is 16.6 Å². The number of rotatable bonds is 4. The van der Waals surface area contributed by atoms with Crippen LogP contribution >= 0.6 is 0 Å². The van der Waals surface area contributed by atoms with Gasteiger partial charge in [0.1, 0.15) is 0 Å². The van der Waals surface area contributed by atoms with Crippen LogP contribution in [0.25, 0.3) is 0 Å². The number of hydrogen-bond donors (Lipinski definition) is 0. The molecule has 0 bridgehead atoms. The van der Waals surface area contributed by atoms with Crippen molar-refractivity contribution in [2.75, 3.05) is 0 Å². The summed E-state index contributed by atoms with van der Waals surface area (Å²) in [6.45, 7) is 18.5. The maximum Gasteiger partial charge on any atom is 0.201 e. The molecule has 0 aliphatic rings. The maximum atomic E-state index is 6.10. The van der Waals surface area contributed by atoms with Crippen molar-refractivity contribution in [3.63, 3.8) is 0 Å². The molecule has 3 heteroatoms. The first-order chi connectivity index (χ1) is 5.21. The molecule has 70 valence electrons.